The van der Waals surface area contributed by atoms with Gasteiger partial charge in [0.15, 0.2) is 0 Å². The molecule has 0 unspecified atom stereocenters. The zero-order chi connectivity index (χ0) is 17.7. The number of nitrogens with two attached hydrogens (primary N) is 1. The van der Waals surface area contributed by atoms with Crippen molar-refractivity contribution >= 4 is 42.8 Å². The van der Waals surface area contributed by atoms with Crippen LogP contribution in [-0.2, 0) is 25.6 Å². The van der Waals surface area contributed by atoms with Crippen LogP contribution in [0.1, 0.15) is 24.0 Å². The van der Waals surface area contributed by atoms with Gasteiger partial charge in [0, 0.05) is 25.0 Å². The Morgan fingerprint density at radius 1 is 1.19 bits per heavy atom. The van der Waals surface area contributed by atoms with Gasteiger partial charge < -0.3 is 19.8 Å². The second kappa shape index (κ2) is 10.1. The van der Waals surface area contributed by atoms with Crippen molar-refractivity contribution in [2.75, 3.05) is 6.79 Å². The summed E-state index contributed by atoms with van der Waals surface area (Å²) in [6.45, 7) is 0.310. The first-order chi connectivity index (χ1) is 12.0. The van der Waals surface area contributed by atoms with E-state index < -0.39 is 24.3 Å². The van der Waals surface area contributed by atoms with Gasteiger partial charge in [0.25, 0.3) is 0 Å². The molecule has 0 atom stereocenters. The van der Waals surface area contributed by atoms with E-state index in [9.17, 15) is 9.59 Å². The smallest absolute Gasteiger partial charge is 0.333 e. The van der Waals surface area contributed by atoms with Crippen molar-refractivity contribution in [3.05, 3.63) is 60.2 Å². The van der Waals surface area contributed by atoms with Gasteiger partial charge in [-0.2, -0.15) is 0 Å². The Balaban J connectivity index is 0.00000182. The molecule has 0 bridgehead atoms. The molecular formula is C18H21Cl2N3O4. The SMILES string of the molecule is Cl.Cl.NC1(C(=O)OCOC(=O)/C=C/c2ccc(Cn3ccnc3)cc2)CC1. The van der Waals surface area contributed by atoms with Crippen molar-refractivity contribution in [3.63, 3.8) is 0 Å². The van der Waals surface area contributed by atoms with Crippen molar-refractivity contribution < 1.29 is 19.1 Å². The highest BCUT2D eigenvalue weighted by Crippen LogP contribution is 2.33. The number of nitrogens with zero attached hydrogens (tertiary/aromatic N) is 2. The number of benzene rings is 1. The molecule has 27 heavy (non-hydrogen) atoms. The van der Waals surface area contributed by atoms with Crippen LogP contribution >= 0.6 is 24.8 Å². The van der Waals surface area contributed by atoms with Gasteiger partial charge in [-0.15, -0.1) is 24.8 Å². The molecule has 9 heteroatoms. The van der Waals surface area contributed by atoms with E-state index in [1.54, 1.807) is 18.6 Å². The first-order valence-electron chi connectivity index (χ1n) is 7.91. The lowest BCUT2D eigenvalue weighted by Gasteiger charge is -2.08. The van der Waals surface area contributed by atoms with E-state index in [2.05, 4.69) is 4.98 Å². The molecule has 7 nitrogen and oxygen atoms in total. The molecule has 0 radical (unpaired) electrons. The highest BCUT2D eigenvalue weighted by molar-refractivity contribution is 5.87. The molecule has 3 rings (SSSR count). The van der Waals surface area contributed by atoms with Crippen LogP contribution in [0.2, 0.25) is 0 Å². The predicted octanol–water partition coefficient (Wildman–Crippen LogP) is 2.32. The van der Waals surface area contributed by atoms with Crippen LogP contribution in [0.3, 0.4) is 0 Å². The largest absolute Gasteiger partial charge is 0.426 e. The Bertz CT molecular complexity index is 772. The number of carbonyl (C=O) groups is 2. The van der Waals surface area contributed by atoms with E-state index in [0.29, 0.717) is 12.8 Å². The molecule has 1 heterocycles. The Labute approximate surface area is 169 Å². The van der Waals surface area contributed by atoms with Crippen LogP contribution in [0.25, 0.3) is 6.08 Å². The van der Waals surface area contributed by atoms with Crippen molar-refractivity contribution in [3.8, 4) is 0 Å². The summed E-state index contributed by atoms with van der Waals surface area (Å²) < 4.78 is 11.6. The minimum absolute atomic E-state index is 0. The number of hydrogen-bond donors (Lipinski definition) is 1. The third-order valence-corrected chi connectivity index (χ3v) is 3.90. The van der Waals surface area contributed by atoms with Crippen LogP contribution in [-0.4, -0.2) is 33.8 Å². The summed E-state index contributed by atoms with van der Waals surface area (Å²) in [4.78, 5) is 27.1. The Morgan fingerprint density at radius 3 is 2.48 bits per heavy atom. The average molecular weight is 414 g/mol. The van der Waals surface area contributed by atoms with Gasteiger partial charge >= 0.3 is 11.9 Å². The van der Waals surface area contributed by atoms with E-state index >= 15 is 0 Å². The lowest BCUT2D eigenvalue weighted by Crippen LogP contribution is -2.35. The highest BCUT2D eigenvalue weighted by atomic mass is 35.5. The highest BCUT2D eigenvalue weighted by Gasteiger charge is 2.47. The van der Waals surface area contributed by atoms with Gasteiger partial charge in [-0.3, -0.25) is 0 Å². The number of hydrogen-bond acceptors (Lipinski definition) is 6. The van der Waals surface area contributed by atoms with Crippen LogP contribution < -0.4 is 5.73 Å². The Hall–Kier alpha value is -2.35. The maximum absolute atomic E-state index is 11.6. The van der Waals surface area contributed by atoms with E-state index in [0.717, 1.165) is 17.7 Å². The lowest BCUT2D eigenvalue weighted by molar-refractivity contribution is -0.165. The second-order valence-electron chi connectivity index (χ2n) is 5.98. The third-order valence-electron chi connectivity index (χ3n) is 3.90. The van der Waals surface area contributed by atoms with Gasteiger partial charge in [0.2, 0.25) is 6.79 Å². The summed E-state index contributed by atoms with van der Waals surface area (Å²) in [5, 5.41) is 0. The fourth-order valence-corrected chi connectivity index (χ4v) is 2.16. The molecule has 0 saturated heterocycles. The van der Waals surface area contributed by atoms with Crippen molar-refractivity contribution in [2.24, 2.45) is 5.73 Å². The molecule has 1 aliphatic rings. The second-order valence-corrected chi connectivity index (χ2v) is 5.98. The van der Waals surface area contributed by atoms with E-state index in [1.807, 2.05) is 35.0 Å². The first kappa shape index (κ1) is 22.7. The van der Waals surface area contributed by atoms with Gasteiger partial charge in [-0.25, -0.2) is 14.6 Å². The first-order valence-corrected chi connectivity index (χ1v) is 7.91. The molecule has 1 aliphatic carbocycles. The molecular weight excluding hydrogens is 393 g/mol. The van der Waals surface area contributed by atoms with Crippen LogP contribution in [0.5, 0.6) is 0 Å². The maximum atomic E-state index is 11.6. The Kier molecular flexibility index (Phi) is 8.49. The summed E-state index contributed by atoms with van der Waals surface area (Å²) in [5.41, 5.74) is 6.78. The minimum atomic E-state index is -0.874. The number of rotatable bonds is 7. The van der Waals surface area contributed by atoms with E-state index in [-0.39, 0.29) is 24.8 Å². The number of aromatic nitrogens is 2. The molecule has 0 amide bonds. The van der Waals surface area contributed by atoms with Crippen molar-refractivity contribution in [1.29, 1.82) is 0 Å². The standard InChI is InChI=1S/C18H19N3O4.2ClH/c19-18(7-8-18)17(23)25-13-24-16(22)6-5-14-1-3-15(4-2-14)11-21-10-9-20-12-21;;/h1-6,9-10,12H,7-8,11,13,19H2;2*1H/b6-5+;;. The minimum Gasteiger partial charge on any atom is -0.426 e. The van der Waals surface area contributed by atoms with Gasteiger partial charge in [0.05, 0.1) is 6.33 Å². The number of ether oxygens (including phenoxy) is 2. The summed E-state index contributed by atoms with van der Waals surface area (Å²) in [6.07, 6.45) is 9.52. The predicted molar refractivity (Wildman–Crippen MR) is 105 cm³/mol. The molecule has 146 valence electrons. The molecule has 2 aromatic rings. The molecule has 2 N–H and O–H groups in total. The number of imidazole rings is 1. The summed E-state index contributed by atoms with van der Waals surface area (Å²) in [6, 6.07) is 7.76. The van der Waals surface area contributed by atoms with Gasteiger partial charge in [-0.05, 0) is 30.0 Å². The van der Waals surface area contributed by atoms with Gasteiger partial charge in [0.1, 0.15) is 5.54 Å². The summed E-state index contributed by atoms with van der Waals surface area (Å²) >= 11 is 0. The van der Waals surface area contributed by atoms with E-state index in [1.165, 1.54) is 6.08 Å². The summed E-state index contributed by atoms with van der Waals surface area (Å²) in [5.74, 6) is -1.12. The zero-order valence-electron chi connectivity index (χ0n) is 14.4. The lowest BCUT2D eigenvalue weighted by atomic mass is 10.1. The average Bonchev–Trinajstić information content (AvgIpc) is 3.16. The summed E-state index contributed by atoms with van der Waals surface area (Å²) in [7, 11) is 0. The monoisotopic (exact) mass is 413 g/mol. The molecule has 1 saturated carbocycles. The quantitative estimate of drug-likeness (QED) is 0.425. The molecule has 1 aromatic heterocycles. The van der Waals surface area contributed by atoms with Crippen LogP contribution in [0.4, 0.5) is 0 Å². The number of esters is 2. The third kappa shape index (κ3) is 6.71. The van der Waals surface area contributed by atoms with Crippen LogP contribution in [0, 0.1) is 0 Å². The normalized spacial score (nSPS) is 14.0. The molecule has 1 aromatic carbocycles. The van der Waals surface area contributed by atoms with E-state index in [4.69, 9.17) is 15.2 Å². The van der Waals surface area contributed by atoms with Gasteiger partial charge in [-0.1, -0.05) is 24.3 Å². The van der Waals surface area contributed by atoms with Crippen LogP contribution in [0.15, 0.2) is 49.1 Å². The molecule has 1 fully saturated rings. The molecule has 0 aliphatic heterocycles. The zero-order valence-corrected chi connectivity index (χ0v) is 16.1. The topological polar surface area (TPSA) is 96.4 Å². The molecule has 0 spiro atoms. The van der Waals surface area contributed by atoms with Crippen molar-refractivity contribution in [1.82, 2.24) is 9.55 Å². The Morgan fingerprint density at radius 2 is 1.89 bits per heavy atom. The fraction of sp³-hybridized carbons (Fsp3) is 0.278. The number of carbonyl (C=O) groups excluding carboxylic acids is 2. The van der Waals surface area contributed by atoms with Crippen molar-refractivity contribution in [2.45, 2.75) is 24.9 Å². The fourth-order valence-electron chi connectivity index (χ4n) is 2.16. The number of halogens is 2. The maximum Gasteiger partial charge on any atom is 0.333 e.